The van der Waals surface area contributed by atoms with Crippen LogP contribution in [0.3, 0.4) is 0 Å². The number of para-hydroxylation sites is 2. The van der Waals surface area contributed by atoms with Crippen LogP contribution >= 0.6 is 0 Å². The topological polar surface area (TPSA) is 41.9 Å². The summed E-state index contributed by atoms with van der Waals surface area (Å²) in [7, 11) is -1.93. The number of anilines is 3. The highest BCUT2D eigenvalue weighted by Gasteiger charge is 2.37. The van der Waals surface area contributed by atoms with Gasteiger partial charge in [-0.05, 0) is 91.6 Å². The standard InChI is InChI=1S/C49H36N4Si/c1-54(2)45-23-13-11-20-41(45)42-29-28-40(32-46(42)54)53(39-18-4-3-5-19-39)44-22-12-10-21-43(44)49-51-47(37-26-24-33-14-6-8-16-35(33)30-37)50-48(52-49)38-27-25-34-15-7-9-17-36(34)31-38/h3-32H,1-2H3. The van der Waals surface area contributed by atoms with Crippen molar-refractivity contribution < 1.29 is 0 Å². The van der Waals surface area contributed by atoms with Crippen molar-refractivity contribution in [1.29, 1.82) is 0 Å². The van der Waals surface area contributed by atoms with E-state index < -0.39 is 8.07 Å². The van der Waals surface area contributed by atoms with Gasteiger partial charge in [-0.1, -0.05) is 147 Å². The predicted octanol–water partition coefficient (Wildman–Crippen LogP) is 11.5. The molecule has 5 heteroatoms. The fourth-order valence-corrected chi connectivity index (χ4v) is 11.2. The summed E-state index contributed by atoms with van der Waals surface area (Å²) in [6, 6.07) is 64.8. The Bertz CT molecular complexity index is 2790. The van der Waals surface area contributed by atoms with E-state index >= 15 is 0 Å². The van der Waals surface area contributed by atoms with Crippen molar-refractivity contribution in [2.24, 2.45) is 0 Å². The minimum absolute atomic E-state index is 0.621. The van der Waals surface area contributed by atoms with E-state index in [0.29, 0.717) is 17.5 Å². The maximum Gasteiger partial charge on any atom is 0.166 e. The molecule has 8 aromatic carbocycles. The zero-order chi connectivity index (χ0) is 36.2. The molecule has 256 valence electrons. The lowest BCUT2D eigenvalue weighted by Gasteiger charge is -2.29. The van der Waals surface area contributed by atoms with Gasteiger partial charge < -0.3 is 4.90 Å². The largest absolute Gasteiger partial charge is 0.310 e. The first-order valence-electron chi connectivity index (χ1n) is 18.4. The van der Waals surface area contributed by atoms with Crippen molar-refractivity contribution in [3.05, 3.63) is 182 Å². The van der Waals surface area contributed by atoms with Crippen LogP contribution in [0.25, 0.3) is 66.8 Å². The SMILES string of the molecule is C[Si]1(C)c2ccccc2-c2ccc(N(c3ccccc3)c3ccccc3-c3nc(-c4ccc5ccccc5c4)nc(-c4ccc5ccccc5c4)n3)cc21. The molecule has 0 saturated carbocycles. The second-order valence-electron chi connectivity index (χ2n) is 14.5. The first-order chi connectivity index (χ1) is 26.5. The van der Waals surface area contributed by atoms with E-state index in [4.69, 9.17) is 15.0 Å². The van der Waals surface area contributed by atoms with Crippen LogP contribution in [-0.4, -0.2) is 23.0 Å². The molecule has 0 atom stereocenters. The van der Waals surface area contributed by atoms with Gasteiger partial charge in [0.25, 0.3) is 0 Å². The van der Waals surface area contributed by atoms with E-state index in [2.05, 4.69) is 200 Å². The van der Waals surface area contributed by atoms with Gasteiger partial charge in [0, 0.05) is 28.1 Å². The molecule has 4 nitrogen and oxygen atoms in total. The summed E-state index contributed by atoms with van der Waals surface area (Å²) in [5.41, 5.74) is 8.72. The highest BCUT2D eigenvalue weighted by atomic mass is 28.3. The average Bonchev–Trinajstić information content (AvgIpc) is 3.46. The molecule has 0 fully saturated rings. The molecule has 54 heavy (non-hydrogen) atoms. The Hall–Kier alpha value is -6.69. The molecule has 0 bridgehead atoms. The smallest absolute Gasteiger partial charge is 0.166 e. The quantitative estimate of drug-likeness (QED) is 0.161. The Labute approximate surface area is 316 Å². The Morgan fingerprint density at radius 2 is 0.889 bits per heavy atom. The number of nitrogens with zero attached hydrogens (tertiary/aromatic N) is 4. The lowest BCUT2D eigenvalue weighted by atomic mass is 10.0. The first-order valence-corrected chi connectivity index (χ1v) is 21.4. The third kappa shape index (κ3) is 5.40. The summed E-state index contributed by atoms with van der Waals surface area (Å²) in [5.74, 6) is 1.90. The fourth-order valence-electron chi connectivity index (χ4n) is 8.10. The monoisotopic (exact) mass is 708 g/mol. The molecule has 0 spiro atoms. The van der Waals surface area contributed by atoms with Gasteiger partial charge in [0.1, 0.15) is 8.07 Å². The maximum absolute atomic E-state index is 5.26. The number of benzene rings is 8. The van der Waals surface area contributed by atoms with Crippen LogP contribution in [0.4, 0.5) is 17.1 Å². The third-order valence-corrected chi connectivity index (χ3v) is 14.4. The molecule has 1 aliphatic heterocycles. The summed E-state index contributed by atoms with van der Waals surface area (Å²) < 4.78 is 0. The summed E-state index contributed by atoms with van der Waals surface area (Å²) in [5, 5.41) is 7.60. The van der Waals surface area contributed by atoms with Crippen molar-refractivity contribution >= 4 is 57.1 Å². The van der Waals surface area contributed by atoms with Crippen molar-refractivity contribution in [3.8, 4) is 45.3 Å². The molecule has 0 radical (unpaired) electrons. The number of aromatic nitrogens is 3. The highest BCUT2D eigenvalue weighted by Crippen LogP contribution is 2.42. The number of hydrogen-bond donors (Lipinski definition) is 0. The van der Waals surface area contributed by atoms with Crippen molar-refractivity contribution in [2.45, 2.75) is 13.1 Å². The number of fused-ring (bicyclic) bond motifs is 5. The van der Waals surface area contributed by atoms with Crippen LogP contribution in [0.5, 0.6) is 0 Å². The molecular weight excluding hydrogens is 673 g/mol. The Kier molecular flexibility index (Phi) is 7.56. The van der Waals surface area contributed by atoms with Gasteiger partial charge in [-0.3, -0.25) is 0 Å². The summed E-state index contributed by atoms with van der Waals surface area (Å²) in [4.78, 5) is 18.0. The van der Waals surface area contributed by atoms with Crippen LogP contribution < -0.4 is 15.3 Å². The normalized spacial score (nSPS) is 12.8. The number of rotatable bonds is 6. The van der Waals surface area contributed by atoms with Gasteiger partial charge >= 0.3 is 0 Å². The summed E-state index contributed by atoms with van der Waals surface area (Å²) in [6.07, 6.45) is 0. The van der Waals surface area contributed by atoms with E-state index in [9.17, 15) is 0 Å². The van der Waals surface area contributed by atoms with Gasteiger partial charge in [0.2, 0.25) is 0 Å². The minimum Gasteiger partial charge on any atom is -0.310 e. The van der Waals surface area contributed by atoms with Crippen LogP contribution in [0.1, 0.15) is 0 Å². The Balaban J connectivity index is 1.18. The molecule has 0 aliphatic carbocycles. The van der Waals surface area contributed by atoms with E-state index in [-0.39, 0.29) is 0 Å². The van der Waals surface area contributed by atoms with E-state index in [0.717, 1.165) is 44.5 Å². The van der Waals surface area contributed by atoms with Gasteiger partial charge in [0.15, 0.2) is 17.5 Å². The zero-order valence-electron chi connectivity index (χ0n) is 30.1. The molecule has 0 amide bonds. The molecule has 2 heterocycles. The van der Waals surface area contributed by atoms with Gasteiger partial charge in [-0.25, -0.2) is 15.0 Å². The minimum atomic E-state index is -1.93. The highest BCUT2D eigenvalue weighted by molar-refractivity contribution is 7.03. The predicted molar refractivity (Wildman–Crippen MR) is 228 cm³/mol. The van der Waals surface area contributed by atoms with Crippen molar-refractivity contribution in [2.75, 3.05) is 4.90 Å². The first kappa shape index (κ1) is 32.0. The molecule has 1 aliphatic rings. The van der Waals surface area contributed by atoms with E-state index in [1.807, 2.05) is 0 Å². The molecule has 0 N–H and O–H groups in total. The van der Waals surface area contributed by atoms with E-state index in [1.54, 1.807) is 0 Å². The molecule has 0 saturated heterocycles. The number of hydrogen-bond acceptors (Lipinski definition) is 4. The lowest BCUT2D eigenvalue weighted by Crippen LogP contribution is -2.49. The Morgan fingerprint density at radius 1 is 0.370 bits per heavy atom. The summed E-state index contributed by atoms with van der Waals surface area (Å²) >= 11 is 0. The Morgan fingerprint density at radius 3 is 1.56 bits per heavy atom. The second-order valence-corrected chi connectivity index (χ2v) is 18.8. The van der Waals surface area contributed by atoms with Crippen LogP contribution in [0, 0.1) is 0 Å². The third-order valence-electron chi connectivity index (χ3n) is 10.9. The molecular formula is C49H36N4Si. The van der Waals surface area contributed by atoms with Gasteiger partial charge in [-0.2, -0.15) is 0 Å². The lowest BCUT2D eigenvalue weighted by molar-refractivity contribution is 1.07. The van der Waals surface area contributed by atoms with E-state index in [1.165, 1.54) is 32.3 Å². The second kappa shape index (κ2) is 12.8. The van der Waals surface area contributed by atoms with Crippen LogP contribution in [0.2, 0.25) is 13.1 Å². The molecule has 9 aromatic rings. The van der Waals surface area contributed by atoms with Crippen molar-refractivity contribution in [3.63, 3.8) is 0 Å². The molecule has 0 unspecified atom stereocenters. The summed E-state index contributed by atoms with van der Waals surface area (Å²) in [6.45, 7) is 4.94. The van der Waals surface area contributed by atoms with Crippen LogP contribution in [-0.2, 0) is 0 Å². The fraction of sp³-hybridized carbons (Fsp3) is 0.0408. The molecule has 10 rings (SSSR count). The van der Waals surface area contributed by atoms with Crippen LogP contribution in [0.15, 0.2) is 182 Å². The molecule has 1 aromatic heterocycles. The average molecular weight is 709 g/mol. The van der Waals surface area contributed by atoms with Crippen molar-refractivity contribution in [1.82, 2.24) is 15.0 Å². The maximum atomic E-state index is 5.26. The van der Waals surface area contributed by atoms with Gasteiger partial charge in [-0.15, -0.1) is 0 Å². The zero-order valence-corrected chi connectivity index (χ0v) is 31.1. The van der Waals surface area contributed by atoms with Gasteiger partial charge in [0.05, 0.1) is 5.69 Å².